The van der Waals surface area contributed by atoms with Crippen molar-refractivity contribution in [1.29, 1.82) is 0 Å². The van der Waals surface area contributed by atoms with Gasteiger partial charge in [0.15, 0.2) is 0 Å². The van der Waals surface area contributed by atoms with Crippen LogP contribution in [0, 0.1) is 5.92 Å². The minimum absolute atomic E-state index is 0.104. The molecule has 2 saturated carbocycles. The van der Waals surface area contributed by atoms with Crippen LogP contribution in [-0.2, 0) is 4.79 Å². The topological polar surface area (TPSA) is 40.5 Å². The van der Waals surface area contributed by atoms with Gasteiger partial charge in [0.25, 0.3) is 0 Å². The Kier molecular flexibility index (Phi) is 6.15. The molecule has 2 aliphatic rings. The van der Waals surface area contributed by atoms with Gasteiger partial charge in [0.05, 0.1) is 6.61 Å². The van der Waals surface area contributed by atoms with Gasteiger partial charge in [-0.05, 0) is 31.6 Å². The van der Waals surface area contributed by atoms with E-state index in [0.29, 0.717) is 24.4 Å². The zero-order valence-corrected chi connectivity index (χ0v) is 12.1. The summed E-state index contributed by atoms with van der Waals surface area (Å²) in [5.41, 5.74) is 0. The summed E-state index contributed by atoms with van der Waals surface area (Å²) < 4.78 is 0. The molecule has 1 amide bonds. The first-order valence-electron chi connectivity index (χ1n) is 8.21. The van der Waals surface area contributed by atoms with Gasteiger partial charge < -0.3 is 10.0 Å². The van der Waals surface area contributed by atoms with Crippen LogP contribution < -0.4 is 0 Å². The van der Waals surface area contributed by atoms with Crippen LogP contribution in [0.2, 0.25) is 0 Å². The van der Waals surface area contributed by atoms with E-state index in [-0.39, 0.29) is 6.61 Å². The fraction of sp³-hybridized carbons (Fsp3) is 0.938. The van der Waals surface area contributed by atoms with E-state index < -0.39 is 0 Å². The number of aliphatic hydroxyl groups is 1. The molecule has 0 radical (unpaired) electrons. The van der Waals surface area contributed by atoms with Crippen LogP contribution in [0.1, 0.15) is 70.6 Å². The SMILES string of the molecule is O=C(CC1CCCCCC1)N(CCO)C1CCCC1. The number of hydrogen-bond donors (Lipinski definition) is 1. The van der Waals surface area contributed by atoms with Gasteiger partial charge in [-0.3, -0.25) is 4.79 Å². The lowest BCUT2D eigenvalue weighted by Gasteiger charge is -2.30. The van der Waals surface area contributed by atoms with Crippen molar-refractivity contribution in [2.45, 2.75) is 76.7 Å². The molecule has 2 aliphatic carbocycles. The number of nitrogens with zero attached hydrogens (tertiary/aromatic N) is 1. The van der Waals surface area contributed by atoms with E-state index in [1.807, 2.05) is 4.90 Å². The molecule has 1 N–H and O–H groups in total. The Morgan fingerprint density at radius 2 is 1.53 bits per heavy atom. The van der Waals surface area contributed by atoms with E-state index in [0.717, 1.165) is 19.3 Å². The summed E-state index contributed by atoms with van der Waals surface area (Å²) >= 11 is 0. The molecule has 19 heavy (non-hydrogen) atoms. The normalized spacial score (nSPS) is 22.4. The van der Waals surface area contributed by atoms with Gasteiger partial charge in [-0.15, -0.1) is 0 Å². The van der Waals surface area contributed by atoms with Gasteiger partial charge >= 0.3 is 0 Å². The second kappa shape index (κ2) is 7.88. The summed E-state index contributed by atoms with van der Waals surface area (Å²) in [5.74, 6) is 0.894. The van der Waals surface area contributed by atoms with Crippen molar-refractivity contribution in [2.75, 3.05) is 13.2 Å². The Labute approximate surface area is 117 Å². The molecule has 0 atom stereocenters. The molecule has 2 fully saturated rings. The standard InChI is InChI=1S/C16H29NO2/c18-12-11-17(15-9-5-6-10-15)16(19)13-14-7-3-1-2-4-8-14/h14-15,18H,1-13H2. The highest BCUT2D eigenvalue weighted by Crippen LogP contribution is 2.28. The zero-order chi connectivity index (χ0) is 13.5. The molecule has 3 nitrogen and oxygen atoms in total. The van der Waals surface area contributed by atoms with Gasteiger partial charge in [-0.25, -0.2) is 0 Å². The van der Waals surface area contributed by atoms with Crippen LogP contribution >= 0.6 is 0 Å². The van der Waals surface area contributed by atoms with Gasteiger partial charge in [-0.1, -0.05) is 38.5 Å². The van der Waals surface area contributed by atoms with E-state index >= 15 is 0 Å². The van der Waals surface area contributed by atoms with E-state index in [1.165, 1.54) is 51.4 Å². The molecule has 0 aromatic rings. The molecular weight excluding hydrogens is 238 g/mol. The summed E-state index contributed by atoms with van der Waals surface area (Å²) in [6.07, 6.45) is 13.2. The average Bonchev–Trinajstić information content (AvgIpc) is 2.81. The Balaban J connectivity index is 1.86. The second-order valence-corrected chi connectivity index (χ2v) is 6.31. The maximum absolute atomic E-state index is 12.5. The largest absolute Gasteiger partial charge is 0.395 e. The maximum Gasteiger partial charge on any atom is 0.223 e. The monoisotopic (exact) mass is 267 g/mol. The highest BCUT2D eigenvalue weighted by Gasteiger charge is 2.27. The number of carbonyl (C=O) groups is 1. The molecule has 0 saturated heterocycles. The van der Waals surface area contributed by atoms with Crippen LogP contribution in [0.3, 0.4) is 0 Å². The minimum atomic E-state index is 0.104. The van der Waals surface area contributed by atoms with Gasteiger partial charge in [0.1, 0.15) is 0 Å². The summed E-state index contributed by atoms with van der Waals surface area (Å²) in [5, 5.41) is 9.20. The van der Waals surface area contributed by atoms with Crippen molar-refractivity contribution < 1.29 is 9.90 Å². The summed E-state index contributed by atoms with van der Waals surface area (Å²) in [6.45, 7) is 0.642. The van der Waals surface area contributed by atoms with Crippen molar-refractivity contribution in [2.24, 2.45) is 5.92 Å². The van der Waals surface area contributed by atoms with Crippen molar-refractivity contribution >= 4 is 5.91 Å². The molecular formula is C16H29NO2. The third kappa shape index (κ3) is 4.48. The quantitative estimate of drug-likeness (QED) is 0.778. The molecule has 0 heterocycles. The van der Waals surface area contributed by atoms with Gasteiger partial charge in [-0.2, -0.15) is 0 Å². The van der Waals surface area contributed by atoms with Crippen molar-refractivity contribution in [1.82, 2.24) is 4.90 Å². The number of aliphatic hydroxyl groups excluding tert-OH is 1. The predicted molar refractivity (Wildman–Crippen MR) is 76.9 cm³/mol. The van der Waals surface area contributed by atoms with Crippen LogP contribution in [-0.4, -0.2) is 35.1 Å². The van der Waals surface area contributed by atoms with E-state index in [1.54, 1.807) is 0 Å². The maximum atomic E-state index is 12.5. The van der Waals surface area contributed by atoms with Gasteiger partial charge in [0.2, 0.25) is 5.91 Å². The second-order valence-electron chi connectivity index (χ2n) is 6.31. The molecule has 0 spiro atoms. The van der Waals surface area contributed by atoms with E-state index in [4.69, 9.17) is 0 Å². The molecule has 3 heteroatoms. The molecule has 0 unspecified atom stereocenters. The van der Waals surface area contributed by atoms with Crippen LogP contribution in [0.5, 0.6) is 0 Å². The van der Waals surface area contributed by atoms with Gasteiger partial charge in [0, 0.05) is 19.0 Å². The zero-order valence-electron chi connectivity index (χ0n) is 12.1. The fourth-order valence-electron chi connectivity index (χ4n) is 3.77. The van der Waals surface area contributed by atoms with Crippen molar-refractivity contribution in [3.63, 3.8) is 0 Å². The van der Waals surface area contributed by atoms with Crippen LogP contribution in [0.25, 0.3) is 0 Å². The Morgan fingerprint density at radius 3 is 2.11 bits per heavy atom. The number of rotatable bonds is 5. The summed E-state index contributed by atoms with van der Waals surface area (Å²) in [7, 11) is 0. The Morgan fingerprint density at radius 1 is 0.947 bits per heavy atom. The summed E-state index contributed by atoms with van der Waals surface area (Å²) in [4.78, 5) is 14.5. The molecule has 0 bridgehead atoms. The highest BCUT2D eigenvalue weighted by atomic mass is 16.3. The molecule has 0 aromatic carbocycles. The molecule has 0 aromatic heterocycles. The van der Waals surface area contributed by atoms with Crippen molar-refractivity contribution in [3.05, 3.63) is 0 Å². The molecule has 110 valence electrons. The molecule has 0 aliphatic heterocycles. The summed E-state index contributed by atoms with van der Waals surface area (Å²) in [6, 6.07) is 0.408. The first-order chi connectivity index (χ1) is 9.31. The fourth-order valence-corrected chi connectivity index (χ4v) is 3.77. The Bertz CT molecular complexity index is 266. The first-order valence-corrected chi connectivity index (χ1v) is 8.21. The van der Waals surface area contributed by atoms with Crippen LogP contribution in [0.4, 0.5) is 0 Å². The Hall–Kier alpha value is -0.570. The number of hydrogen-bond acceptors (Lipinski definition) is 2. The average molecular weight is 267 g/mol. The third-order valence-corrected chi connectivity index (χ3v) is 4.86. The lowest BCUT2D eigenvalue weighted by atomic mass is 9.95. The third-order valence-electron chi connectivity index (χ3n) is 4.86. The smallest absolute Gasteiger partial charge is 0.223 e. The lowest BCUT2D eigenvalue weighted by molar-refractivity contribution is -0.135. The molecule has 2 rings (SSSR count). The van der Waals surface area contributed by atoms with E-state index in [2.05, 4.69) is 0 Å². The van der Waals surface area contributed by atoms with E-state index in [9.17, 15) is 9.90 Å². The van der Waals surface area contributed by atoms with Crippen molar-refractivity contribution in [3.8, 4) is 0 Å². The lowest BCUT2D eigenvalue weighted by Crippen LogP contribution is -2.41. The van der Waals surface area contributed by atoms with Crippen LogP contribution in [0.15, 0.2) is 0 Å². The first kappa shape index (κ1) is 14.8. The number of amides is 1. The predicted octanol–water partition coefficient (Wildman–Crippen LogP) is 3.11. The highest BCUT2D eigenvalue weighted by molar-refractivity contribution is 5.76. The minimum Gasteiger partial charge on any atom is -0.395 e. The number of carbonyl (C=O) groups excluding carboxylic acids is 1.